The Balaban J connectivity index is 2.48. The summed E-state index contributed by atoms with van der Waals surface area (Å²) in [5.74, 6) is -3.32. The van der Waals surface area contributed by atoms with Gasteiger partial charge in [0.25, 0.3) is 5.69 Å². The van der Waals surface area contributed by atoms with Crippen LogP contribution < -0.4 is 10.6 Å². The van der Waals surface area contributed by atoms with Crippen LogP contribution in [0, 0.1) is 21.4 Å². The molecule has 0 spiro atoms. The molecule has 1 atom stereocenters. The molecule has 2 N–H and O–H groups in total. The van der Waals surface area contributed by atoms with E-state index in [-0.39, 0.29) is 27.7 Å². The molecule has 0 saturated carbocycles. The maximum atomic E-state index is 13.0. The van der Waals surface area contributed by atoms with Gasteiger partial charge in [0.1, 0.15) is 17.2 Å². The fraction of sp³-hybridized carbons (Fsp3) is 0.136. The van der Waals surface area contributed by atoms with Gasteiger partial charge in [-0.15, -0.1) is 0 Å². The van der Waals surface area contributed by atoms with Gasteiger partial charge in [-0.1, -0.05) is 41.9 Å². The second kappa shape index (κ2) is 9.42. The SMILES string of the molecule is COC(=O)C1=C(C(=O)OC)N(c2ccc(Cl)cc2[N+](=O)[O-])C(N)=C(C#N)C1c1ccccc1. The van der Waals surface area contributed by atoms with E-state index in [1.54, 1.807) is 30.3 Å². The molecule has 0 aliphatic carbocycles. The van der Waals surface area contributed by atoms with Gasteiger partial charge in [0.2, 0.25) is 0 Å². The van der Waals surface area contributed by atoms with E-state index in [0.717, 1.165) is 25.2 Å². The Morgan fingerprint density at radius 3 is 2.33 bits per heavy atom. The highest BCUT2D eigenvalue weighted by molar-refractivity contribution is 6.31. The third-order valence-corrected chi connectivity index (χ3v) is 5.22. The molecule has 2 aromatic carbocycles. The van der Waals surface area contributed by atoms with Crippen LogP contribution in [0.15, 0.2) is 71.2 Å². The Morgan fingerprint density at radius 2 is 1.79 bits per heavy atom. The standard InChI is InChI=1S/C22H17ClN4O6/c1-32-21(28)18-17(12-6-4-3-5-7-12)14(11-24)20(25)26(19(18)22(29)33-2)15-9-8-13(23)10-16(15)27(30)31/h3-10,17H,25H2,1-2H3. The number of rotatable bonds is 5. The maximum absolute atomic E-state index is 13.0. The molecule has 0 fully saturated rings. The molecule has 1 aliphatic heterocycles. The van der Waals surface area contributed by atoms with Crippen LogP contribution in [-0.2, 0) is 19.1 Å². The highest BCUT2D eigenvalue weighted by atomic mass is 35.5. The first kappa shape index (κ1) is 23.3. The fourth-order valence-corrected chi connectivity index (χ4v) is 3.76. The number of carbonyl (C=O) groups is 2. The van der Waals surface area contributed by atoms with E-state index in [1.807, 2.05) is 6.07 Å². The van der Waals surface area contributed by atoms with Gasteiger partial charge < -0.3 is 15.2 Å². The lowest BCUT2D eigenvalue weighted by atomic mass is 9.81. The number of hydrogen-bond donors (Lipinski definition) is 1. The number of ether oxygens (including phenoxy) is 2. The zero-order valence-electron chi connectivity index (χ0n) is 17.4. The highest BCUT2D eigenvalue weighted by Gasteiger charge is 2.44. The van der Waals surface area contributed by atoms with Crippen LogP contribution in [0.4, 0.5) is 11.4 Å². The summed E-state index contributed by atoms with van der Waals surface area (Å²) in [6.07, 6.45) is 0. The van der Waals surface area contributed by atoms with Gasteiger partial charge in [-0.25, -0.2) is 9.59 Å². The summed E-state index contributed by atoms with van der Waals surface area (Å²) in [5.41, 5.74) is 5.31. The van der Waals surface area contributed by atoms with Crippen molar-refractivity contribution in [1.29, 1.82) is 5.26 Å². The molecule has 1 unspecified atom stereocenters. The zero-order valence-corrected chi connectivity index (χ0v) is 18.2. The Labute approximate surface area is 193 Å². The molecule has 1 aliphatic rings. The van der Waals surface area contributed by atoms with Crippen molar-refractivity contribution in [3.8, 4) is 6.07 Å². The first-order valence-corrected chi connectivity index (χ1v) is 9.74. The minimum atomic E-state index is -1.08. The number of allylic oxidation sites excluding steroid dienone is 1. The lowest BCUT2D eigenvalue weighted by Crippen LogP contribution is -2.41. The Morgan fingerprint density at radius 1 is 1.15 bits per heavy atom. The molecule has 0 saturated heterocycles. The molecule has 3 rings (SSSR count). The third kappa shape index (κ3) is 4.09. The minimum Gasteiger partial charge on any atom is -0.466 e. The highest BCUT2D eigenvalue weighted by Crippen LogP contribution is 2.45. The molecule has 0 radical (unpaired) electrons. The maximum Gasteiger partial charge on any atom is 0.355 e. The number of methoxy groups -OCH3 is 2. The van der Waals surface area contributed by atoms with Crippen LogP contribution in [0.3, 0.4) is 0 Å². The zero-order chi connectivity index (χ0) is 24.3. The van der Waals surface area contributed by atoms with Gasteiger partial charge in [0, 0.05) is 11.1 Å². The van der Waals surface area contributed by atoms with Crippen molar-refractivity contribution in [2.24, 2.45) is 5.73 Å². The van der Waals surface area contributed by atoms with E-state index in [1.165, 1.54) is 12.1 Å². The van der Waals surface area contributed by atoms with Gasteiger partial charge in [-0.05, 0) is 17.7 Å². The number of nitriles is 1. The van der Waals surface area contributed by atoms with E-state index >= 15 is 0 Å². The number of anilines is 1. The van der Waals surface area contributed by atoms with Gasteiger partial charge in [-0.2, -0.15) is 5.26 Å². The molecule has 2 aromatic rings. The van der Waals surface area contributed by atoms with E-state index < -0.39 is 34.2 Å². The fourth-order valence-electron chi connectivity index (χ4n) is 3.60. The van der Waals surface area contributed by atoms with Gasteiger partial charge in [-0.3, -0.25) is 15.0 Å². The summed E-state index contributed by atoms with van der Waals surface area (Å²) >= 11 is 5.93. The van der Waals surface area contributed by atoms with Crippen molar-refractivity contribution < 1.29 is 24.0 Å². The average Bonchev–Trinajstić information content (AvgIpc) is 2.82. The van der Waals surface area contributed by atoms with Crippen molar-refractivity contribution in [2.75, 3.05) is 19.1 Å². The first-order valence-electron chi connectivity index (χ1n) is 9.36. The summed E-state index contributed by atoms with van der Waals surface area (Å²) in [5, 5.41) is 21.8. The molecule has 0 aromatic heterocycles. The van der Waals surface area contributed by atoms with Crippen LogP contribution in [0.5, 0.6) is 0 Å². The number of nitrogens with zero attached hydrogens (tertiary/aromatic N) is 3. The van der Waals surface area contributed by atoms with Crippen LogP contribution in [-0.4, -0.2) is 31.1 Å². The second-order valence-electron chi connectivity index (χ2n) is 6.73. The molecule has 1 heterocycles. The van der Waals surface area contributed by atoms with Crippen LogP contribution >= 0.6 is 11.6 Å². The second-order valence-corrected chi connectivity index (χ2v) is 7.16. The molecule has 11 heteroatoms. The van der Waals surface area contributed by atoms with E-state index in [2.05, 4.69) is 0 Å². The average molecular weight is 469 g/mol. The molecule has 33 heavy (non-hydrogen) atoms. The largest absolute Gasteiger partial charge is 0.466 e. The Kier molecular flexibility index (Phi) is 6.65. The molecular weight excluding hydrogens is 452 g/mol. The number of carbonyl (C=O) groups excluding carboxylic acids is 2. The van der Waals surface area contributed by atoms with Gasteiger partial charge in [0.15, 0.2) is 0 Å². The summed E-state index contributed by atoms with van der Waals surface area (Å²) in [6, 6.07) is 14.0. The van der Waals surface area contributed by atoms with E-state index in [4.69, 9.17) is 26.8 Å². The summed E-state index contributed by atoms with van der Waals surface area (Å²) in [4.78, 5) is 37.9. The van der Waals surface area contributed by atoms with Crippen molar-refractivity contribution in [2.45, 2.75) is 5.92 Å². The Hall–Kier alpha value is -4.36. The van der Waals surface area contributed by atoms with Crippen molar-refractivity contribution in [3.05, 3.63) is 91.9 Å². The molecule has 168 valence electrons. The number of hydrogen-bond acceptors (Lipinski definition) is 9. The lowest BCUT2D eigenvalue weighted by molar-refractivity contribution is -0.384. The van der Waals surface area contributed by atoms with Gasteiger partial charge >= 0.3 is 11.9 Å². The quantitative estimate of drug-likeness (QED) is 0.396. The van der Waals surface area contributed by atoms with Crippen LogP contribution in [0.1, 0.15) is 11.5 Å². The number of nitro groups is 1. The third-order valence-electron chi connectivity index (χ3n) is 4.99. The molecule has 0 amide bonds. The Bertz CT molecular complexity index is 1250. The number of nitrogens with two attached hydrogens (primary N) is 1. The summed E-state index contributed by atoms with van der Waals surface area (Å²) in [6.45, 7) is 0. The number of benzene rings is 2. The number of esters is 2. The minimum absolute atomic E-state index is 0.0597. The molecule has 0 bridgehead atoms. The summed E-state index contributed by atoms with van der Waals surface area (Å²) in [7, 11) is 2.19. The normalized spacial score (nSPS) is 15.7. The summed E-state index contributed by atoms with van der Waals surface area (Å²) < 4.78 is 9.81. The van der Waals surface area contributed by atoms with Crippen LogP contribution in [0.25, 0.3) is 0 Å². The monoisotopic (exact) mass is 468 g/mol. The van der Waals surface area contributed by atoms with E-state index in [9.17, 15) is 25.0 Å². The first-order chi connectivity index (χ1) is 15.8. The predicted molar refractivity (Wildman–Crippen MR) is 118 cm³/mol. The topological polar surface area (TPSA) is 149 Å². The number of halogens is 1. The number of nitro benzene ring substituents is 1. The van der Waals surface area contributed by atoms with Crippen molar-refractivity contribution >= 4 is 34.9 Å². The van der Waals surface area contributed by atoms with Crippen molar-refractivity contribution in [3.63, 3.8) is 0 Å². The smallest absolute Gasteiger partial charge is 0.355 e. The van der Waals surface area contributed by atoms with Crippen LogP contribution in [0.2, 0.25) is 5.02 Å². The molecular formula is C22H17ClN4O6. The van der Waals surface area contributed by atoms with Crippen molar-refractivity contribution in [1.82, 2.24) is 0 Å². The van der Waals surface area contributed by atoms with E-state index in [0.29, 0.717) is 5.56 Å². The predicted octanol–water partition coefficient (Wildman–Crippen LogP) is 3.15. The lowest BCUT2D eigenvalue weighted by Gasteiger charge is -2.35. The van der Waals surface area contributed by atoms with Gasteiger partial charge in [0.05, 0.1) is 42.3 Å². The molecule has 10 nitrogen and oxygen atoms in total.